The molecule has 0 spiro atoms. The highest BCUT2D eigenvalue weighted by Gasteiger charge is 2.27. The van der Waals surface area contributed by atoms with E-state index in [-0.39, 0.29) is 12.6 Å². The summed E-state index contributed by atoms with van der Waals surface area (Å²) in [6.07, 6.45) is 0.812. The third-order valence-corrected chi connectivity index (χ3v) is 2.51. The third kappa shape index (κ3) is 7.17. The number of halogens is 3. The van der Waals surface area contributed by atoms with Gasteiger partial charge in [-0.3, -0.25) is 4.68 Å². The van der Waals surface area contributed by atoms with Crippen LogP contribution in [0.4, 0.5) is 13.2 Å². The van der Waals surface area contributed by atoms with Gasteiger partial charge in [0, 0.05) is 19.3 Å². The van der Waals surface area contributed by atoms with Gasteiger partial charge in [0.2, 0.25) is 0 Å². The smallest absolute Gasteiger partial charge is 0.370 e. The maximum absolute atomic E-state index is 12.0. The number of nitrogens with zero attached hydrogens (tertiary/aromatic N) is 2. The van der Waals surface area contributed by atoms with Crippen molar-refractivity contribution < 1.29 is 17.9 Å². The molecule has 0 bridgehead atoms. The Bertz CT molecular complexity index is 365. The van der Waals surface area contributed by atoms with Crippen LogP contribution in [-0.2, 0) is 18.2 Å². The van der Waals surface area contributed by atoms with Crippen LogP contribution in [0.5, 0.6) is 0 Å². The summed E-state index contributed by atoms with van der Waals surface area (Å²) in [5.74, 6) is 0. The van der Waals surface area contributed by atoms with E-state index in [1.165, 1.54) is 0 Å². The summed E-state index contributed by atoms with van der Waals surface area (Å²) in [5.41, 5.74) is 0.978. The van der Waals surface area contributed by atoms with Crippen molar-refractivity contribution in [2.24, 2.45) is 7.05 Å². The van der Waals surface area contributed by atoms with E-state index < -0.39 is 12.8 Å². The van der Waals surface area contributed by atoms with Crippen molar-refractivity contribution in [3.8, 4) is 0 Å². The van der Waals surface area contributed by atoms with E-state index in [1.54, 1.807) is 17.9 Å². The maximum Gasteiger partial charge on any atom is 0.411 e. The van der Waals surface area contributed by atoms with Crippen LogP contribution in [-0.4, -0.2) is 41.8 Å². The minimum absolute atomic E-state index is 0.0361. The van der Waals surface area contributed by atoms with Gasteiger partial charge < -0.3 is 10.1 Å². The predicted molar refractivity (Wildman–Crippen MR) is 65.9 cm³/mol. The van der Waals surface area contributed by atoms with Crippen molar-refractivity contribution in [1.29, 1.82) is 0 Å². The zero-order chi connectivity index (χ0) is 14.3. The van der Waals surface area contributed by atoms with E-state index in [2.05, 4.69) is 10.4 Å². The van der Waals surface area contributed by atoms with Crippen molar-refractivity contribution in [2.45, 2.75) is 32.0 Å². The van der Waals surface area contributed by atoms with Gasteiger partial charge in [0.25, 0.3) is 0 Å². The number of hydrogen-bond donors (Lipinski definition) is 1. The van der Waals surface area contributed by atoms with E-state index in [0.717, 1.165) is 18.5 Å². The van der Waals surface area contributed by atoms with Crippen LogP contribution in [0.1, 0.15) is 18.9 Å². The van der Waals surface area contributed by atoms with Gasteiger partial charge in [-0.15, -0.1) is 0 Å². The van der Waals surface area contributed by atoms with Crippen LogP contribution in [0.2, 0.25) is 0 Å². The van der Waals surface area contributed by atoms with Crippen molar-refractivity contribution in [3.05, 3.63) is 18.0 Å². The first-order valence-electron chi connectivity index (χ1n) is 6.26. The fourth-order valence-corrected chi connectivity index (χ4v) is 1.72. The van der Waals surface area contributed by atoms with E-state index in [0.29, 0.717) is 6.42 Å². The van der Waals surface area contributed by atoms with Gasteiger partial charge in [0.15, 0.2) is 0 Å². The molecular formula is C12H20F3N3O. The van der Waals surface area contributed by atoms with Crippen LogP contribution in [0.25, 0.3) is 0 Å². The molecule has 1 unspecified atom stereocenters. The fraction of sp³-hybridized carbons (Fsp3) is 0.750. The Labute approximate surface area is 110 Å². The second-order valence-electron chi connectivity index (χ2n) is 4.51. The molecular weight excluding hydrogens is 259 g/mol. The quantitative estimate of drug-likeness (QED) is 0.790. The van der Waals surface area contributed by atoms with Crippen molar-refractivity contribution >= 4 is 0 Å². The van der Waals surface area contributed by atoms with Crippen LogP contribution >= 0.6 is 0 Å². The lowest BCUT2D eigenvalue weighted by Gasteiger charge is -2.18. The maximum atomic E-state index is 12.0. The van der Waals surface area contributed by atoms with Crippen molar-refractivity contribution in [3.63, 3.8) is 0 Å². The van der Waals surface area contributed by atoms with Gasteiger partial charge in [-0.1, -0.05) is 6.92 Å². The van der Waals surface area contributed by atoms with Crippen LogP contribution in [0, 0.1) is 0 Å². The molecule has 0 aliphatic rings. The highest BCUT2D eigenvalue weighted by molar-refractivity contribution is 5.06. The highest BCUT2D eigenvalue weighted by atomic mass is 19.4. The predicted octanol–water partition coefficient (Wildman–Crippen LogP) is 1.91. The van der Waals surface area contributed by atoms with Gasteiger partial charge in [-0.25, -0.2) is 0 Å². The molecule has 0 radical (unpaired) electrons. The van der Waals surface area contributed by atoms with Crippen LogP contribution in [0.15, 0.2) is 12.4 Å². The number of hydrogen-bond acceptors (Lipinski definition) is 3. The highest BCUT2D eigenvalue weighted by Crippen LogP contribution is 2.14. The molecule has 7 heteroatoms. The Morgan fingerprint density at radius 3 is 2.74 bits per heavy atom. The standard InChI is InChI=1S/C12H20F3N3O/c1-3-4-16-11(8-19-9-12(13,14)15)5-10-6-17-18(2)7-10/h6-7,11,16H,3-5,8-9H2,1-2H3. The third-order valence-electron chi connectivity index (χ3n) is 2.51. The number of rotatable bonds is 8. The Kier molecular flexibility index (Phi) is 6.30. The Hall–Kier alpha value is -1.08. The number of ether oxygens (including phenoxy) is 1. The average Bonchev–Trinajstić information content (AvgIpc) is 2.70. The molecule has 0 aliphatic carbocycles. The lowest BCUT2D eigenvalue weighted by Crippen LogP contribution is -2.37. The van der Waals surface area contributed by atoms with E-state index in [9.17, 15) is 13.2 Å². The lowest BCUT2D eigenvalue weighted by atomic mass is 10.1. The van der Waals surface area contributed by atoms with Crippen molar-refractivity contribution in [2.75, 3.05) is 19.8 Å². The number of alkyl halides is 3. The first kappa shape index (κ1) is 16.0. The largest absolute Gasteiger partial charge is 0.411 e. The molecule has 0 amide bonds. The van der Waals surface area contributed by atoms with E-state index >= 15 is 0 Å². The summed E-state index contributed by atoms with van der Waals surface area (Å²) in [6, 6.07) is -0.133. The van der Waals surface area contributed by atoms with Crippen LogP contribution < -0.4 is 5.32 Å². The monoisotopic (exact) mass is 279 g/mol. The summed E-state index contributed by atoms with van der Waals surface area (Å²) >= 11 is 0. The molecule has 0 saturated carbocycles. The summed E-state index contributed by atoms with van der Waals surface area (Å²) in [5, 5.41) is 7.22. The number of aryl methyl sites for hydroxylation is 1. The zero-order valence-electron chi connectivity index (χ0n) is 11.2. The van der Waals surface area contributed by atoms with Crippen molar-refractivity contribution in [1.82, 2.24) is 15.1 Å². The van der Waals surface area contributed by atoms with Gasteiger partial charge in [-0.2, -0.15) is 18.3 Å². The molecule has 1 aromatic heterocycles. The van der Waals surface area contributed by atoms with Gasteiger partial charge in [0.1, 0.15) is 6.61 Å². The molecule has 1 aromatic rings. The molecule has 1 N–H and O–H groups in total. The topological polar surface area (TPSA) is 39.1 Å². The molecule has 1 atom stereocenters. The summed E-state index contributed by atoms with van der Waals surface area (Å²) < 4.78 is 42.5. The fourth-order valence-electron chi connectivity index (χ4n) is 1.72. The van der Waals surface area contributed by atoms with E-state index in [1.807, 2.05) is 13.1 Å². The molecule has 110 valence electrons. The molecule has 19 heavy (non-hydrogen) atoms. The molecule has 1 heterocycles. The summed E-state index contributed by atoms with van der Waals surface area (Å²) in [6.45, 7) is 1.59. The Morgan fingerprint density at radius 1 is 1.47 bits per heavy atom. The Balaban J connectivity index is 2.42. The first-order chi connectivity index (χ1) is 8.90. The lowest BCUT2D eigenvalue weighted by molar-refractivity contribution is -0.175. The molecule has 0 aromatic carbocycles. The molecule has 0 saturated heterocycles. The first-order valence-corrected chi connectivity index (χ1v) is 6.26. The van der Waals surface area contributed by atoms with E-state index in [4.69, 9.17) is 4.74 Å². The summed E-state index contributed by atoms with van der Waals surface area (Å²) in [4.78, 5) is 0. The summed E-state index contributed by atoms with van der Waals surface area (Å²) in [7, 11) is 1.80. The minimum Gasteiger partial charge on any atom is -0.370 e. The number of aromatic nitrogens is 2. The zero-order valence-corrected chi connectivity index (χ0v) is 11.2. The average molecular weight is 279 g/mol. The molecule has 0 fully saturated rings. The minimum atomic E-state index is -4.27. The molecule has 0 aliphatic heterocycles. The van der Waals surface area contributed by atoms with Gasteiger partial charge >= 0.3 is 6.18 Å². The molecule has 1 rings (SSSR count). The SMILES string of the molecule is CCCNC(COCC(F)(F)F)Cc1cnn(C)c1. The van der Waals surface area contributed by atoms with Gasteiger partial charge in [-0.05, 0) is 24.9 Å². The molecule has 4 nitrogen and oxygen atoms in total. The Morgan fingerprint density at radius 2 is 2.21 bits per heavy atom. The number of nitrogens with one attached hydrogen (secondary N) is 1. The van der Waals surface area contributed by atoms with Gasteiger partial charge in [0.05, 0.1) is 12.8 Å². The van der Waals surface area contributed by atoms with Crippen LogP contribution in [0.3, 0.4) is 0 Å². The second-order valence-corrected chi connectivity index (χ2v) is 4.51. The second kappa shape index (κ2) is 7.49. The normalized spacial score (nSPS) is 13.7.